The Morgan fingerprint density at radius 3 is 2.17 bits per heavy atom. The predicted molar refractivity (Wildman–Crippen MR) is 42.7 cm³/mol. The molecule has 0 radical (unpaired) electrons. The maximum Gasteiger partial charge on any atom is 0.220 e. The van der Waals surface area contributed by atoms with Crippen molar-refractivity contribution in [3.05, 3.63) is 0 Å². The minimum absolute atomic E-state index is 0. The number of carbonyl (C=O) groups is 1. The van der Waals surface area contributed by atoms with Gasteiger partial charge >= 0.3 is 0 Å². The average Bonchev–Trinajstić information content (AvgIpc) is 1.53. The van der Waals surface area contributed by atoms with Crippen molar-refractivity contribution in [2.45, 2.75) is 12.5 Å². The largest absolute Gasteiger partial charge is 1.00 e. The van der Waals surface area contributed by atoms with E-state index < -0.39 is 12.0 Å². The van der Waals surface area contributed by atoms with Crippen LogP contribution in [0.1, 0.15) is 6.42 Å². The van der Waals surface area contributed by atoms with E-state index >= 15 is 0 Å². The Labute approximate surface area is 79.3 Å². The van der Waals surface area contributed by atoms with Gasteiger partial charge in [-0.3, -0.25) is 4.79 Å². The van der Waals surface area contributed by atoms with Gasteiger partial charge in [0.25, 0.3) is 0 Å². The maximum atomic E-state index is 10.4. The van der Waals surface area contributed by atoms with E-state index in [0.717, 1.165) is 0 Å². The SMILES string of the molecule is C[N+](C)(C)C[C@H](O)CC(N)=O.[Cl-]. The fourth-order valence-corrected chi connectivity index (χ4v) is 0.929. The second-order valence-corrected chi connectivity index (χ2v) is 3.80. The maximum absolute atomic E-state index is 10.4. The van der Waals surface area contributed by atoms with Gasteiger partial charge in [0, 0.05) is 0 Å². The minimum atomic E-state index is -0.618. The predicted octanol–water partition coefficient (Wildman–Crippen LogP) is -4.07. The molecule has 12 heavy (non-hydrogen) atoms. The lowest BCUT2D eigenvalue weighted by Crippen LogP contribution is -3.00. The molecule has 0 aliphatic carbocycles. The lowest BCUT2D eigenvalue weighted by molar-refractivity contribution is -0.873. The fourth-order valence-electron chi connectivity index (χ4n) is 0.929. The van der Waals surface area contributed by atoms with Crippen LogP contribution in [0.4, 0.5) is 0 Å². The molecule has 0 saturated heterocycles. The third-order valence-corrected chi connectivity index (χ3v) is 1.20. The molecule has 0 aromatic carbocycles. The van der Waals surface area contributed by atoms with Gasteiger partial charge in [-0.05, 0) is 0 Å². The lowest BCUT2D eigenvalue weighted by Gasteiger charge is -2.26. The Bertz CT molecular complexity index is 145. The normalized spacial score (nSPS) is 13.3. The molecule has 0 aromatic rings. The van der Waals surface area contributed by atoms with Crippen LogP contribution in [-0.4, -0.2) is 49.3 Å². The number of aliphatic hydroxyl groups is 1. The zero-order chi connectivity index (χ0) is 9.07. The summed E-state index contributed by atoms with van der Waals surface area (Å²) in [5.74, 6) is -0.453. The van der Waals surface area contributed by atoms with Crippen LogP contribution in [0.25, 0.3) is 0 Å². The molecule has 74 valence electrons. The van der Waals surface area contributed by atoms with Crippen molar-refractivity contribution < 1.29 is 26.8 Å². The van der Waals surface area contributed by atoms with Crippen LogP contribution < -0.4 is 18.1 Å². The van der Waals surface area contributed by atoms with Crippen molar-refractivity contribution in [3.63, 3.8) is 0 Å². The van der Waals surface area contributed by atoms with Crippen LogP contribution in [0, 0.1) is 0 Å². The van der Waals surface area contributed by atoms with Crippen LogP contribution in [0.15, 0.2) is 0 Å². The topological polar surface area (TPSA) is 63.3 Å². The van der Waals surface area contributed by atoms with Gasteiger partial charge in [-0.2, -0.15) is 0 Å². The highest BCUT2D eigenvalue weighted by Crippen LogP contribution is 1.97. The fraction of sp³-hybridized carbons (Fsp3) is 0.857. The molecule has 3 N–H and O–H groups in total. The van der Waals surface area contributed by atoms with E-state index in [0.29, 0.717) is 11.0 Å². The molecule has 0 spiro atoms. The molecular formula is C7H17ClN2O2. The van der Waals surface area contributed by atoms with Gasteiger partial charge in [-0.25, -0.2) is 0 Å². The zero-order valence-corrected chi connectivity index (χ0v) is 8.51. The van der Waals surface area contributed by atoms with Crippen LogP contribution in [0.5, 0.6) is 0 Å². The highest BCUT2D eigenvalue weighted by Gasteiger charge is 2.16. The third kappa shape index (κ3) is 9.68. The van der Waals surface area contributed by atoms with E-state index in [2.05, 4.69) is 0 Å². The summed E-state index contributed by atoms with van der Waals surface area (Å²) in [6.45, 7) is 0.545. The summed E-state index contributed by atoms with van der Waals surface area (Å²) in [6, 6.07) is 0. The molecule has 0 heterocycles. The van der Waals surface area contributed by atoms with Crippen LogP contribution >= 0.6 is 0 Å². The zero-order valence-electron chi connectivity index (χ0n) is 7.75. The highest BCUT2D eigenvalue weighted by molar-refractivity contribution is 5.74. The first kappa shape index (κ1) is 14.2. The number of hydrogen-bond acceptors (Lipinski definition) is 2. The summed E-state index contributed by atoms with van der Waals surface area (Å²) in [7, 11) is 5.85. The minimum Gasteiger partial charge on any atom is -1.00 e. The van der Waals surface area contributed by atoms with Gasteiger partial charge < -0.3 is 27.7 Å². The molecule has 0 rings (SSSR count). The first-order valence-electron chi connectivity index (χ1n) is 3.58. The molecule has 0 aliphatic heterocycles. The molecule has 5 heteroatoms. The Morgan fingerprint density at radius 1 is 1.50 bits per heavy atom. The second kappa shape index (κ2) is 5.35. The van der Waals surface area contributed by atoms with Gasteiger partial charge in [-0.1, -0.05) is 0 Å². The number of halogens is 1. The Hall–Kier alpha value is -0.320. The third-order valence-electron chi connectivity index (χ3n) is 1.20. The molecule has 0 fully saturated rings. The standard InChI is InChI=1S/C7H16N2O2.ClH/c1-9(2,3)5-6(10)4-7(8)11;/h6,10H,4-5H2,1-3H3,(H-,8,11);1H/t6-;/m1./s1. The Morgan fingerprint density at radius 2 is 1.92 bits per heavy atom. The number of aliphatic hydroxyl groups excluding tert-OH is 1. The van der Waals surface area contributed by atoms with Crippen molar-refractivity contribution in [2.24, 2.45) is 5.73 Å². The molecule has 0 aromatic heterocycles. The van der Waals surface area contributed by atoms with Crippen molar-refractivity contribution in [2.75, 3.05) is 27.7 Å². The number of hydrogen-bond donors (Lipinski definition) is 2. The van der Waals surface area contributed by atoms with E-state index in [-0.39, 0.29) is 18.8 Å². The average molecular weight is 197 g/mol. The van der Waals surface area contributed by atoms with Crippen molar-refractivity contribution >= 4 is 5.91 Å². The van der Waals surface area contributed by atoms with Crippen molar-refractivity contribution in [1.82, 2.24) is 0 Å². The van der Waals surface area contributed by atoms with E-state index in [9.17, 15) is 9.90 Å². The molecule has 0 aliphatic rings. The number of quaternary nitrogens is 1. The Balaban J connectivity index is 0. The summed E-state index contributed by atoms with van der Waals surface area (Å²) in [4.78, 5) is 10.4. The number of carbonyl (C=O) groups excluding carboxylic acids is 1. The number of amides is 1. The van der Waals surface area contributed by atoms with Crippen LogP contribution in [0.3, 0.4) is 0 Å². The molecule has 1 amide bonds. The highest BCUT2D eigenvalue weighted by atomic mass is 35.5. The molecule has 0 saturated carbocycles. The van der Waals surface area contributed by atoms with Crippen molar-refractivity contribution in [1.29, 1.82) is 0 Å². The summed E-state index contributed by atoms with van der Waals surface area (Å²) in [6.07, 6.45) is -0.567. The van der Waals surface area contributed by atoms with E-state index in [1.165, 1.54) is 0 Å². The van der Waals surface area contributed by atoms with Gasteiger partial charge in [0.15, 0.2) is 0 Å². The van der Waals surface area contributed by atoms with E-state index in [1.54, 1.807) is 0 Å². The number of likely N-dealkylation sites (N-methyl/N-ethyl adjacent to an activating group) is 1. The van der Waals surface area contributed by atoms with Gasteiger partial charge in [0.05, 0.1) is 27.6 Å². The van der Waals surface area contributed by atoms with E-state index in [4.69, 9.17) is 5.73 Å². The second-order valence-electron chi connectivity index (χ2n) is 3.80. The molecule has 0 bridgehead atoms. The monoisotopic (exact) mass is 196 g/mol. The number of nitrogens with two attached hydrogens (primary N) is 1. The quantitative estimate of drug-likeness (QED) is 0.450. The van der Waals surface area contributed by atoms with E-state index in [1.807, 2.05) is 21.1 Å². The summed E-state index contributed by atoms with van der Waals surface area (Å²) < 4.78 is 0.633. The molecule has 1 atom stereocenters. The molecule has 0 unspecified atom stereocenters. The first-order valence-corrected chi connectivity index (χ1v) is 3.58. The summed E-state index contributed by atoms with van der Waals surface area (Å²) in [5.41, 5.74) is 4.91. The van der Waals surface area contributed by atoms with Gasteiger partial charge in [-0.15, -0.1) is 0 Å². The summed E-state index contributed by atoms with van der Waals surface area (Å²) in [5, 5.41) is 9.24. The molecular weight excluding hydrogens is 180 g/mol. The smallest absolute Gasteiger partial charge is 0.220 e. The van der Waals surface area contributed by atoms with Crippen molar-refractivity contribution in [3.8, 4) is 0 Å². The van der Waals surface area contributed by atoms with Crippen LogP contribution in [0.2, 0.25) is 0 Å². The van der Waals surface area contributed by atoms with Gasteiger partial charge in [0.1, 0.15) is 12.6 Å². The molecule has 4 nitrogen and oxygen atoms in total. The lowest BCUT2D eigenvalue weighted by atomic mass is 10.2. The van der Waals surface area contributed by atoms with Crippen LogP contribution in [-0.2, 0) is 4.79 Å². The Kier molecular flexibility index (Phi) is 6.34. The number of rotatable bonds is 4. The summed E-state index contributed by atoms with van der Waals surface area (Å²) >= 11 is 0. The number of nitrogens with zero attached hydrogens (tertiary/aromatic N) is 1. The van der Waals surface area contributed by atoms with Gasteiger partial charge in [0.2, 0.25) is 5.91 Å². The first-order chi connectivity index (χ1) is 4.81. The number of primary amides is 1.